The molecule has 1 aromatic rings. The number of rotatable bonds is 7. The topological polar surface area (TPSA) is 29.5 Å². The highest BCUT2D eigenvalue weighted by molar-refractivity contribution is 5.76. The first-order chi connectivity index (χ1) is 10.3. The van der Waals surface area contributed by atoms with Gasteiger partial charge in [-0.1, -0.05) is 36.4 Å². The lowest BCUT2D eigenvalue weighted by Gasteiger charge is -2.33. The van der Waals surface area contributed by atoms with E-state index in [1.165, 1.54) is 5.56 Å². The van der Waals surface area contributed by atoms with Crippen LogP contribution in [0.4, 0.5) is 0 Å². The maximum Gasteiger partial charge on any atom is 0.223 e. The molecule has 114 valence electrons. The summed E-state index contributed by atoms with van der Waals surface area (Å²) in [7, 11) is 0. The first kappa shape index (κ1) is 15.8. The van der Waals surface area contributed by atoms with Crippen LogP contribution in [0.3, 0.4) is 0 Å². The maximum absolute atomic E-state index is 12.0. The lowest BCUT2D eigenvalue weighted by atomic mass is 10.0. The number of benzene rings is 1. The number of hydrogen-bond donors (Lipinski definition) is 0. The Labute approximate surface area is 127 Å². The van der Waals surface area contributed by atoms with E-state index in [0.29, 0.717) is 13.0 Å². The van der Waals surface area contributed by atoms with E-state index in [1.54, 1.807) is 6.08 Å². The molecule has 0 spiro atoms. The van der Waals surface area contributed by atoms with Gasteiger partial charge in [0.25, 0.3) is 0 Å². The molecule has 1 atom stereocenters. The van der Waals surface area contributed by atoms with Crippen LogP contribution in [0, 0.1) is 0 Å². The summed E-state index contributed by atoms with van der Waals surface area (Å²) < 4.78 is 5.79. The second-order valence-corrected chi connectivity index (χ2v) is 5.54. The number of hydrogen-bond acceptors (Lipinski definition) is 2. The molecule has 0 aliphatic carbocycles. The van der Waals surface area contributed by atoms with Crippen molar-refractivity contribution in [2.45, 2.75) is 38.2 Å². The minimum atomic E-state index is 0.190. The van der Waals surface area contributed by atoms with Gasteiger partial charge in [0, 0.05) is 19.5 Å². The average molecular weight is 287 g/mol. The maximum atomic E-state index is 12.0. The largest absolute Gasteiger partial charge is 0.375 e. The Morgan fingerprint density at radius 3 is 2.95 bits per heavy atom. The monoisotopic (exact) mass is 287 g/mol. The highest BCUT2D eigenvalue weighted by Gasteiger charge is 2.23. The van der Waals surface area contributed by atoms with Crippen LogP contribution in [0.15, 0.2) is 43.0 Å². The molecule has 0 saturated carbocycles. The zero-order chi connectivity index (χ0) is 14.9. The molecule has 1 aliphatic rings. The number of ether oxygens (including phenoxy) is 1. The highest BCUT2D eigenvalue weighted by Crippen LogP contribution is 2.14. The molecule has 1 aliphatic heterocycles. The van der Waals surface area contributed by atoms with E-state index in [4.69, 9.17) is 4.74 Å². The molecule has 1 amide bonds. The number of carbonyl (C=O) groups is 1. The molecule has 0 bridgehead atoms. The van der Waals surface area contributed by atoms with E-state index in [2.05, 4.69) is 30.8 Å². The number of allylic oxidation sites excluding steroid dienone is 1. The Morgan fingerprint density at radius 2 is 2.19 bits per heavy atom. The van der Waals surface area contributed by atoms with Crippen LogP contribution in [0.1, 0.15) is 31.2 Å². The van der Waals surface area contributed by atoms with E-state index < -0.39 is 0 Å². The van der Waals surface area contributed by atoms with Gasteiger partial charge in [0.1, 0.15) is 0 Å². The fourth-order valence-electron chi connectivity index (χ4n) is 2.68. The molecule has 21 heavy (non-hydrogen) atoms. The minimum Gasteiger partial charge on any atom is -0.375 e. The Bertz CT molecular complexity index is 444. The van der Waals surface area contributed by atoms with Crippen molar-refractivity contribution in [3.05, 3.63) is 48.6 Å². The standard InChI is InChI=1S/C18H25NO2/c1-2-3-12-18(20)19-13-14-21-17(15-19)11-7-10-16-8-5-4-6-9-16/h2,4-6,8-9,17H,1,3,7,10-15H2/t17-/m0/s1. The van der Waals surface area contributed by atoms with Crippen molar-refractivity contribution in [3.63, 3.8) is 0 Å². The van der Waals surface area contributed by atoms with Crippen molar-refractivity contribution in [3.8, 4) is 0 Å². The summed E-state index contributed by atoms with van der Waals surface area (Å²) in [4.78, 5) is 14.0. The summed E-state index contributed by atoms with van der Waals surface area (Å²) in [6, 6.07) is 10.5. The van der Waals surface area contributed by atoms with Crippen LogP contribution in [0.5, 0.6) is 0 Å². The molecule has 0 radical (unpaired) electrons. The summed E-state index contributed by atoms with van der Waals surface area (Å²) in [6.07, 6.45) is 6.51. The van der Waals surface area contributed by atoms with Crippen LogP contribution in [-0.4, -0.2) is 36.6 Å². The number of carbonyl (C=O) groups excluding carboxylic acids is 1. The molecule has 3 nitrogen and oxygen atoms in total. The van der Waals surface area contributed by atoms with Crippen molar-refractivity contribution in [1.82, 2.24) is 4.90 Å². The lowest BCUT2D eigenvalue weighted by Crippen LogP contribution is -2.45. The molecule has 0 aromatic heterocycles. The molecule has 1 saturated heterocycles. The van der Waals surface area contributed by atoms with Crippen molar-refractivity contribution in [2.75, 3.05) is 19.7 Å². The van der Waals surface area contributed by atoms with Crippen LogP contribution < -0.4 is 0 Å². The summed E-state index contributed by atoms with van der Waals surface area (Å²) in [5.41, 5.74) is 1.37. The molecule has 1 aromatic carbocycles. The molecule has 1 heterocycles. The van der Waals surface area contributed by atoms with Gasteiger partial charge in [-0.25, -0.2) is 0 Å². The Hall–Kier alpha value is -1.61. The minimum absolute atomic E-state index is 0.190. The third-order valence-electron chi connectivity index (χ3n) is 3.89. The van der Waals surface area contributed by atoms with Gasteiger partial charge in [0.15, 0.2) is 0 Å². The van der Waals surface area contributed by atoms with Crippen molar-refractivity contribution >= 4 is 5.91 Å². The SMILES string of the molecule is C=CCCC(=O)N1CCO[C@@H](CCCc2ccccc2)C1. The van der Waals surface area contributed by atoms with Gasteiger partial charge in [0.2, 0.25) is 5.91 Å². The van der Waals surface area contributed by atoms with E-state index in [9.17, 15) is 4.79 Å². The smallest absolute Gasteiger partial charge is 0.223 e. The fourth-order valence-corrected chi connectivity index (χ4v) is 2.68. The quantitative estimate of drug-likeness (QED) is 0.721. The highest BCUT2D eigenvalue weighted by atomic mass is 16.5. The van der Waals surface area contributed by atoms with Gasteiger partial charge in [-0.05, 0) is 31.2 Å². The number of nitrogens with zero attached hydrogens (tertiary/aromatic N) is 1. The molecule has 0 N–H and O–H groups in total. The van der Waals surface area contributed by atoms with Crippen LogP contribution in [0.2, 0.25) is 0 Å². The van der Waals surface area contributed by atoms with Gasteiger partial charge in [-0.2, -0.15) is 0 Å². The molecule has 3 heteroatoms. The van der Waals surface area contributed by atoms with E-state index in [1.807, 2.05) is 11.0 Å². The van der Waals surface area contributed by atoms with Gasteiger partial charge in [-0.15, -0.1) is 6.58 Å². The Balaban J connectivity index is 1.71. The van der Waals surface area contributed by atoms with E-state index in [0.717, 1.165) is 38.8 Å². The zero-order valence-corrected chi connectivity index (χ0v) is 12.7. The second-order valence-electron chi connectivity index (χ2n) is 5.54. The summed E-state index contributed by atoms with van der Waals surface area (Å²) in [5.74, 6) is 0.228. The van der Waals surface area contributed by atoms with Crippen molar-refractivity contribution < 1.29 is 9.53 Å². The average Bonchev–Trinajstić information content (AvgIpc) is 2.54. The summed E-state index contributed by atoms with van der Waals surface area (Å²) >= 11 is 0. The molecular weight excluding hydrogens is 262 g/mol. The van der Waals surface area contributed by atoms with Crippen molar-refractivity contribution in [1.29, 1.82) is 0 Å². The molecule has 0 unspecified atom stereocenters. The third kappa shape index (κ3) is 5.35. The lowest BCUT2D eigenvalue weighted by molar-refractivity contribution is -0.138. The van der Waals surface area contributed by atoms with Gasteiger partial charge in [0.05, 0.1) is 12.7 Å². The normalized spacial score (nSPS) is 18.5. The van der Waals surface area contributed by atoms with Crippen molar-refractivity contribution in [2.24, 2.45) is 0 Å². The fraction of sp³-hybridized carbons (Fsp3) is 0.500. The van der Waals surface area contributed by atoms with Gasteiger partial charge in [-0.3, -0.25) is 4.79 Å². The third-order valence-corrected chi connectivity index (χ3v) is 3.89. The first-order valence-corrected chi connectivity index (χ1v) is 7.84. The van der Waals surface area contributed by atoms with Crippen LogP contribution >= 0.6 is 0 Å². The zero-order valence-electron chi connectivity index (χ0n) is 12.7. The number of amides is 1. The first-order valence-electron chi connectivity index (χ1n) is 7.84. The van der Waals surface area contributed by atoms with Gasteiger partial charge >= 0.3 is 0 Å². The molecular formula is C18H25NO2. The predicted octanol–water partition coefficient (Wildman–Crippen LogP) is 3.20. The predicted molar refractivity (Wildman–Crippen MR) is 85.1 cm³/mol. The summed E-state index contributed by atoms with van der Waals surface area (Å²) in [5, 5.41) is 0. The Morgan fingerprint density at radius 1 is 1.38 bits per heavy atom. The molecule has 2 rings (SSSR count). The van der Waals surface area contributed by atoms with Crippen LogP contribution in [0.25, 0.3) is 0 Å². The molecule has 1 fully saturated rings. The van der Waals surface area contributed by atoms with E-state index >= 15 is 0 Å². The second kappa shape index (κ2) is 8.63. The number of morpholine rings is 1. The number of aryl methyl sites for hydroxylation is 1. The van der Waals surface area contributed by atoms with Gasteiger partial charge < -0.3 is 9.64 Å². The summed E-state index contributed by atoms with van der Waals surface area (Å²) in [6.45, 7) is 5.80. The van der Waals surface area contributed by atoms with Crippen LogP contribution in [-0.2, 0) is 16.0 Å². The van der Waals surface area contributed by atoms with E-state index in [-0.39, 0.29) is 12.0 Å². The Kier molecular flexibility index (Phi) is 6.48.